The van der Waals surface area contributed by atoms with Crippen molar-refractivity contribution in [2.24, 2.45) is 4.99 Å². The minimum Gasteiger partial charge on any atom is -0.350 e. The van der Waals surface area contributed by atoms with Gasteiger partial charge in [-0.3, -0.25) is 4.99 Å². The second kappa shape index (κ2) is 9.39. The molecule has 0 aliphatic heterocycles. The summed E-state index contributed by atoms with van der Waals surface area (Å²) in [6.07, 6.45) is 1.74. The maximum atomic E-state index is 4.25. The molecule has 0 aliphatic rings. The van der Waals surface area contributed by atoms with Gasteiger partial charge in [-0.15, -0.1) is 34.2 Å². The van der Waals surface area contributed by atoms with Crippen LogP contribution in [0.25, 0.3) is 0 Å². The Labute approximate surface area is 148 Å². The van der Waals surface area contributed by atoms with E-state index in [4.69, 9.17) is 0 Å². The van der Waals surface area contributed by atoms with E-state index in [0.717, 1.165) is 18.3 Å². The minimum atomic E-state index is 0. The second-order valence-electron chi connectivity index (χ2n) is 4.74. The zero-order valence-electron chi connectivity index (χ0n) is 13.2. The molecule has 0 amide bonds. The van der Waals surface area contributed by atoms with E-state index < -0.39 is 0 Å². The average Bonchev–Trinajstić information content (AvgIpc) is 2.99. The molecule has 2 N–H and O–H groups in total. The smallest absolute Gasteiger partial charge is 0.191 e. The highest BCUT2D eigenvalue weighted by molar-refractivity contribution is 14.0. The molecule has 0 saturated carbocycles. The van der Waals surface area contributed by atoms with Crippen LogP contribution in [0.1, 0.15) is 31.3 Å². The molecule has 2 rings (SSSR count). The van der Waals surface area contributed by atoms with Gasteiger partial charge in [-0.2, -0.15) is 0 Å². The van der Waals surface area contributed by atoms with E-state index in [0.29, 0.717) is 6.54 Å². The van der Waals surface area contributed by atoms with Crippen LogP contribution in [-0.2, 0) is 13.1 Å². The minimum absolute atomic E-state index is 0. The fourth-order valence-electron chi connectivity index (χ4n) is 2.07. The van der Waals surface area contributed by atoms with Crippen molar-refractivity contribution in [1.82, 2.24) is 25.4 Å². The van der Waals surface area contributed by atoms with Gasteiger partial charge in [0.05, 0.1) is 12.6 Å². The Balaban J connectivity index is 0.00000242. The maximum Gasteiger partial charge on any atom is 0.191 e. The fraction of sp³-hybridized carbons (Fsp3) is 0.400. The molecule has 1 aromatic heterocycles. The first kappa shape index (κ1) is 18.4. The maximum absolute atomic E-state index is 4.25. The summed E-state index contributed by atoms with van der Waals surface area (Å²) in [6.45, 7) is 5.62. The molecule has 0 fully saturated rings. The van der Waals surface area contributed by atoms with Crippen LogP contribution in [0.15, 0.2) is 41.7 Å². The summed E-state index contributed by atoms with van der Waals surface area (Å²) in [5.74, 6) is 1.64. The first-order valence-corrected chi connectivity index (χ1v) is 7.13. The molecule has 1 heterocycles. The van der Waals surface area contributed by atoms with Crippen molar-refractivity contribution in [3.05, 3.63) is 48.0 Å². The SMILES string of the molecule is CCn1cnnc1CNC(=NC)NC(C)c1ccccc1.I. The number of aryl methyl sites for hydroxylation is 1. The highest BCUT2D eigenvalue weighted by atomic mass is 127. The van der Waals surface area contributed by atoms with Crippen LogP contribution in [0.5, 0.6) is 0 Å². The van der Waals surface area contributed by atoms with Gasteiger partial charge in [-0.05, 0) is 19.4 Å². The Morgan fingerprint density at radius 2 is 2.05 bits per heavy atom. The summed E-state index contributed by atoms with van der Waals surface area (Å²) in [7, 11) is 1.76. The molecular weight excluding hydrogens is 391 g/mol. The molecule has 1 unspecified atom stereocenters. The van der Waals surface area contributed by atoms with Crippen molar-refractivity contribution in [1.29, 1.82) is 0 Å². The van der Waals surface area contributed by atoms with E-state index in [-0.39, 0.29) is 30.0 Å². The van der Waals surface area contributed by atoms with Gasteiger partial charge in [0.2, 0.25) is 0 Å². The van der Waals surface area contributed by atoms with E-state index in [1.807, 2.05) is 22.8 Å². The highest BCUT2D eigenvalue weighted by Crippen LogP contribution is 2.10. The quantitative estimate of drug-likeness (QED) is 0.448. The summed E-state index contributed by atoms with van der Waals surface area (Å²) in [5, 5.41) is 14.6. The van der Waals surface area contributed by atoms with Crippen LogP contribution in [0.2, 0.25) is 0 Å². The number of hydrogen-bond donors (Lipinski definition) is 2. The molecule has 0 bridgehead atoms. The molecule has 0 aliphatic carbocycles. The van der Waals surface area contributed by atoms with Crippen LogP contribution < -0.4 is 10.6 Å². The number of benzene rings is 1. The number of nitrogens with zero attached hydrogens (tertiary/aromatic N) is 4. The van der Waals surface area contributed by atoms with Crippen LogP contribution in [0, 0.1) is 0 Å². The summed E-state index contributed by atoms with van der Waals surface area (Å²) in [5.41, 5.74) is 1.22. The van der Waals surface area contributed by atoms with E-state index >= 15 is 0 Å². The van der Waals surface area contributed by atoms with Crippen molar-refractivity contribution >= 4 is 29.9 Å². The highest BCUT2D eigenvalue weighted by Gasteiger charge is 2.08. The predicted molar refractivity (Wildman–Crippen MR) is 99.3 cm³/mol. The Kier molecular flexibility index (Phi) is 7.86. The van der Waals surface area contributed by atoms with Gasteiger partial charge in [0, 0.05) is 13.6 Å². The summed E-state index contributed by atoms with van der Waals surface area (Å²) >= 11 is 0. The number of nitrogens with one attached hydrogen (secondary N) is 2. The molecule has 7 heteroatoms. The summed E-state index contributed by atoms with van der Waals surface area (Å²) in [6, 6.07) is 10.5. The lowest BCUT2D eigenvalue weighted by Gasteiger charge is -2.18. The van der Waals surface area contributed by atoms with Crippen LogP contribution in [0.3, 0.4) is 0 Å². The van der Waals surface area contributed by atoms with E-state index in [9.17, 15) is 0 Å². The molecule has 0 radical (unpaired) electrons. The molecule has 0 spiro atoms. The van der Waals surface area contributed by atoms with E-state index in [2.05, 4.69) is 51.8 Å². The van der Waals surface area contributed by atoms with Gasteiger partial charge in [0.25, 0.3) is 0 Å². The van der Waals surface area contributed by atoms with Gasteiger partial charge < -0.3 is 15.2 Å². The molecular formula is C15H23IN6. The molecule has 0 saturated heterocycles. The number of rotatable bonds is 5. The largest absolute Gasteiger partial charge is 0.350 e. The molecule has 1 aromatic carbocycles. The molecule has 2 aromatic rings. The fourth-order valence-corrected chi connectivity index (χ4v) is 2.07. The normalized spacial score (nSPS) is 12.4. The third-order valence-electron chi connectivity index (χ3n) is 3.33. The van der Waals surface area contributed by atoms with Crippen molar-refractivity contribution in [2.45, 2.75) is 33.0 Å². The zero-order chi connectivity index (χ0) is 15.1. The molecule has 6 nitrogen and oxygen atoms in total. The van der Waals surface area contributed by atoms with Gasteiger partial charge in [-0.1, -0.05) is 30.3 Å². The van der Waals surface area contributed by atoms with Gasteiger partial charge in [0.15, 0.2) is 11.8 Å². The Hall–Kier alpha value is -1.64. The second-order valence-corrected chi connectivity index (χ2v) is 4.74. The zero-order valence-corrected chi connectivity index (χ0v) is 15.5. The van der Waals surface area contributed by atoms with Crippen LogP contribution in [-0.4, -0.2) is 27.8 Å². The summed E-state index contributed by atoms with van der Waals surface area (Å²) < 4.78 is 2.00. The number of halogens is 1. The first-order chi connectivity index (χ1) is 10.2. The van der Waals surface area contributed by atoms with Gasteiger partial charge in [-0.25, -0.2) is 0 Å². The summed E-state index contributed by atoms with van der Waals surface area (Å²) in [4.78, 5) is 4.25. The van der Waals surface area contributed by atoms with Crippen molar-refractivity contribution in [3.8, 4) is 0 Å². The molecule has 22 heavy (non-hydrogen) atoms. The third kappa shape index (κ3) is 4.97. The first-order valence-electron chi connectivity index (χ1n) is 7.13. The van der Waals surface area contributed by atoms with Crippen molar-refractivity contribution < 1.29 is 0 Å². The predicted octanol–water partition coefficient (Wildman–Crippen LogP) is 2.34. The number of hydrogen-bond acceptors (Lipinski definition) is 3. The Bertz CT molecular complexity index is 581. The van der Waals surface area contributed by atoms with Gasteiger partial charge >= 0.3 is 0 Å². The van der Waals surface area contributed by atoms with Crippen molar-refractivity contribution in [3.63, 3.8) is 0 Å². The topological polar surface area (TPSA) is 67.1 Å². The standard InChI is InChI=1S/C15H22N6.HI/c1-4-21-11-18-20-14(21)10-17-15(16-3)19-12(2)13-8-6-5-7-9-13;/h5-9,11-12H,4,10H2,1-3H3,(H2,16,17,19);1H. The van der Waals surface area contributed by atoms with E-state index in [1.54, 1.807) is 13.4 Å². The molecule has 120 valence electrons. The van der Waals surface area contributed by atoms with Crippen molar-refractivity contribution in [2.75, 3.05) is 7.05 Å². The number of aliphatic imine (C=N–C) groups is 1. The monoisotopic (exact) mass is 414 g/mol. The number of guanidine groups is 1. The average molecular weight is 414 g/mol. The Morgan fingerprint density at radius 3 is 2.68 bits per heavy atom. The lowest BCUT2D eigenvalue weighted by atomic mass is 10.1. The van der Waals surface area contributed by atoms with Gasteiger partial charge in [0.1, 0.15) is 6.33 Å². The lowest BCUT2D eigenvalue weighted by Crippen LogP contribution is -2.38. The third-order valence-corrected chi connectivity index (χ3v) is 3.33. The van der Waals surface area contributed by atoms with Crippen LogP contribution in [0.4, 0.5) is 0 Å². The lowest BCUT2D eigenvalue weighted by molar-refractivity contribution is 0.649. The Morgan fingerprint density at radius 1 is 1.32 bits per heavy atom. The van der Waals surface area contributed by atoms with Crippen LogP contribution >= 0.6 is 24.0 Å². The molecule has 1 atom stereocenters. The van der Waals surface area contributed by atoms with E-state index in [1.165, 1.54) is 5.56 Å². The number of aromatic nitrogens is 3.